The molecule has 1 aromatic heterocycles. The number of methoxy groups -OCH3 is 1. The molecule has 6 heteroatoms. The van der Waals surface area contributed by atoms with E-state index in [1.54, 1.807) is 0 Å². The molecule has 0 radical (unpaired) electrons. The number of nitrogens with zero attached hydrogens (tertiary/aromatic N) is 1. The van der Waals surface area contributed by atoms with Crippen molar-refractivity contribution in [2.45, 2.75) is 6.42 Å². The van der Waals surface area contributed by atoms with Crippen LogP contribution in [0.25, 0.3) is 11.3 Å². The standard InChI is InChI=1S/C14H14N2O4/c1-15-14(18)12-10(8-11(17)19-2)20-16-13(12)9-6-4-3-5-7-9/h3-7H,8H2,1-2H3,(H,15,18). The van der Waals surface area contributed by atoms with Crippen LogP contribution in [0.2, 0.25) is 0 Å². The summed E-state index contributed by atoms with van der Waals surface area (Å²) in [7, 11) is 2.78. The molecule has 2 rings (SSSR count). The summed E-state index contributed by atoms with van der Waals surface area (Å²) in [6.07, 6.45) is -0.140. The van der Waals surface area contributed by atoms with Gasteiger partial charge in [0.15, 0.2) is 5.76 Å². The summed E-state index contributed by atoms with van der Waals surface area (Å²) in [6.45, 7) is 0. The van der Waals surface area contributed by atoms with Gasteiger partial charge in [-0.3, -0.25) is 9.59 Å². The van der Waals surface area contributed by atoms with Gasteiger partial charge in [-0.1, -0.05) is 35.5 Å². The molecule has 6 nitrogen and oxygen atoms in total. The van der Waals surface area contributed by atoms with E-state index in [-0.39, 0.29) is 23.7 Å². The lowest BCUT2D eigenvalue weighted by Gasteiger charge is -2.02. The Morgan fingerprint density at radius 3 is 2.60 bits per heavy atom. The minimum Gasteiger partial charge on any atom is -0.469 e. The zero-order valence-electron chi connectivity index (χ0n) is 11.2. The van der Waals surface area contributed by atoms with Crippen molar-refractivity contribution in [2.24, 2.45) is 0 Å². The molecule has 0 saturated carbocycles. The highest BCUT2D eigenvalue weighted by atomic mass is 16.5. The first kappa shape index (κ1) is 13.8. The van der Waals surface area contributed by atoms with Gasteiger partial charge in [-0.25, -0.2) is 0 Å². The number of hydrogen-bond donors (Lipinski definition) is 1. The normalized spacial score (nSPS) is 10.1. The van der Waals surface area contributed by atoms with Gasteiger partial charge in [0, 0.05) is 12.6 Å². The van der Waals surface area contributed by atoms with Crippen LogP contribution < -0.4 is 5.32 Å². The Kier molecular flexibility index (Phi) is 4.14. The number of aromatic nitrogens is 1. The van der Waals surface area contributed by atoms with Crippen molar-refractivity contribution in [3.63, 3.8) is 0 Å². The van der Waals surface area contributed by atoms with Gasteiger partial charge in [0.2, 0.25) is 0 Å². The second kappa shape index (κ2) is 6.01. The summed E-state index contributed by atoms with van der Waals surface area (Å²) in [5.74, 6) is -0.662. The topological polar surface area (TPSA) is 81.4 Å². The smallest absolute Gasteiger partial charge is 0.313 e. The molecule has 0 fully saturated rings. The van der Waals surface area contributed by atoms with Crippen molar-refractivity contribution < 1.29 is 18.8 Å². The van der Waals surface area contributed by atoms with Gasteiger partial charge in [-0.2, -0.15) is 0 Å². The van der Waals surface area contributed by atoms with Gasteiger partial charge < -0.3 is 14.6 Å². The van der Waals surface area contributed by atoms with Crippen molar-refractivity contribution in [1.29, 1.82) is 0 Å². The monoisotopic (exact) mass is 274 g/mol. The number of carbonyl (C=O) groups excluding carboxylic acids is 2. The Hall–Kier alpha value is -2.63. The molecule has 0 atom stereocenters. The highest BCUT2D eigenvalue weighted by Gasteiger charge is 2.24. The maximum atomic E-state index is 12.0. The van der Waals surface area contributed by atoms with E-state index in [9.17, 15) is 9.59 Å². The highest BCUT2D eigenvalue weighted by molar-refractivity contribution is 6.01. The van der Waals surface area contributed by atoms with E-state index < -0.39 is 5.97 Å². The molecular formula is C14H14N2O4. The van der Waals surface area contributed by atoms with Gasteiger partial charge in [-0.05, 0) is 0 Å². The predicted octanol–water partition coefficient (Wildman–Crippen LogP) is 1.42. The maximum Gasteiger partial charge on any atom is 0.313 e. The molecule has 0 aliphatic rings. The molecule has 1 amide bonds. The number of amides is 1. The fourth-order valence-electron chi connectivity index (χ4n) is 1.80. The predicted molar refractivity (Wildman–Crippen MR) is 71.0 cm³/mol. The van der Waals surface area contributed by atoms with E-state index in [0.717, 1.165) is 5.56 Å². The SMILES string of the molecule is CNC(=O)c1c(-c2ccccc2)noc1CC(=O)OC. The highest BCUT2D eigenvalue weighted by Crippen LogP contribution is 2.25. The van der Waals surface area contributed by atoms with E-state index in [0.29, 0.717) is 5.69 Å². The van der Waals surface area contributed by atoms with Crippen LogP contribution in [-0.2, 0) is 16.0 Å². The van der Waals surface area contributed by atoms with Crippen molar-refractivity contribution >= 4 is 11.9 Å². The molecule has 0 aliphatic heterocycles. The average Bonchev–Trinajstić information content (AvgIpc) is 2.90. The number of esters is 1. The third kappa shape index (κ3) is 2.69. The van der Waals surface area contributed by atoms with Gasteiger partial charge in [-0.15, -0.1) is 0 Å². The second-order valence-electron chi connectivity index (χ2n) is 4.03. The van der Waals surface area contributed by atoms with Gasteiger partial charge in [0.05, 0.1) is 7.11 Å². The van der Waals surface area contributed by atoms with Crippen LogP contribution >= 0.6 is 0 Å². The molecule has 20 heavy (non-hydrogen) atoms. The number of carbonyl (C=O) groups is 2. The van der Waals surface area contributed by atoms with Gasteiger partial charge in [0.1, 0.15) is 17.7 Å². The van der Waals surface area contributed by atoms with Gasteiger partial charge >= 0.3 is 5.97 Å². The maximum absolute atomic E-state index is 12.0. The largest absolute Gasteiger partial charge is 0.469 e. The van der Waals surface area contributed by atoms with Crippen molar-refractivity contribution in [1.82, 2.24) is 10.5 Å². The van der Waals surface area contributed by atoms with Crippen LogP contribution in [0, 0.1) is 0 Å². The number of rotatable bonds is 4. The summed E-state index contributed by atoms with van der Waals surface area (Å²) in [5.41, 5.74) is 1.40. The minimum absolute atomic E-state index is 0.140. The summed E-state index contributed by atoms with van der Waals surface area (Å²) >= 11 is 0. The average molecular weight is 274 g/mol. The van der Waals surface area contributed by atoms with E-state index in [1.807, 2.05) is 30.3 Å². The van der Waals surface area contributed by atoms with Crippen LogP contribution in [0.3, 0.4) is 0 Å². The molecular weight excluding hydrogens is 260 g/mol. The first-order valence-corrected chi connectivity index (χ1v) is 6.00. The first-order chi connectivity index (χ1) is 9.67. The molecule has 104 valence electrons. The molecule has 0 spiro atoms. The van der Waals surface area contributed by atoms with Crippen molar-refractivity contribution in [3.05, 3.63) is 41.7 Å². The van der Waals surface area contributed by atoms with E-state index >= 15 is 0 Å². The van der Waals surface area contributed by atoms with Crippen LogP contribution in [-0.4, -0.2) is 31.2 Å². The van der Waals surface area contributed by atoms with Crippen LogP contribution in [0.1, 0.15) is 16.1 Å². The summed E-state index contributed by atoms with van der Waals surface area (Å²) in [5, 5.41) is 6.42. The van der Waals surface area contributed by atoms with Gasteiger partial charge in [0.25, 0.3) is 5.91 Å². The summed E-state index contributed by atoms with van der Waals surface area (Å²) < 4.78 is 9.71. The number of hydrogen-bond acceptors (Lipinski definition) is 5. The number of ether oxygens (including phenoxy) is 1. The Morgan fingerprint density at radius 1 is 1.30 bits per heavy atom. The molecule has 0 aliphatic carbocycles. The molecule has 1 N–H and O–H groups in total. The van der Waals surface area contributed by atoms with Crippen molar-refractivity contribution in [2.75, 3.05) is 14.2 Å². The van der Waals surface area contributed by atoms with E-state index in [1.165, 1.54) is 14.2 Å². The lowest BCUT2D eigenvalue weighted by atomic mass is 10.0. The summed E-state index contributed by atoms with van der Waals surface area (Å²) in [4.78, 5) is 23.3. The van der Waals surface area contributed by atoms with Crippen LogP contribution in [0.4, 0.5) is 0 Å². The quantitative estimate of drug-likeness (QED) is 0.853. The Balaban J connectivity index is 2.48. The Labute approximate surface area is 115 Å². The van der Waals surface area contributed by atoms with Crippen LogP contribution in [0.15, 0.2) is 34.9 Å². The van der Waals surface area contributed by atoms with Crippen LogP contribution in [0.5, 0.6) is 0 Å². The molecule has 0 unspecified atom stereocenters. The number of benzene rings is 1. The number of nitrogens with one attached hydrogen (secondary N) is 1. The van der Waals surface area contributed by atoms with E-state index in [4.69, 9.17) is 4.52 Å². The molecule has 0 saturated heterocycles. The lowest BCUT2D eigenvalue weighted by Crippen LogP contribution is -2.20. The lowest BCUT2D eigenvalue weighted by molar-refractivity contribution is -0.140. The molecule has 1 aromatic carbocycles. The fraction of sp³-hybridized carbons (Fsp3) is 0.214. The molecule has 1 heterocycles. The second-order valence-corrected chi connectivity index (χ2v) is 4.03. The zero-order valence-corrected chi connectivity index (χ0v) is 11.2. The Bertz CT molecular complexity index is 619. The molecule has 2 aromatic rings. The van der Waals surface area contributed by atoms with E-state index in [2.05, 4.69) is 15.2 Å². The third-order valence-corrected chi connectivity index (χ3v) is 2.80. The zero-order chi connectivity index (χ0) is 14.5. The van der Waals surface area contributed by atoms with Crippen molar-refractivity contribution in [3.8, 4) is 11.3 Å². The first-order valence-electron chi connectivity index (χ1n) is 6.00. The Morgan fingerprint density at radius 2 is 2.00 bits per heavy atom. The fourth-order valence-corrected chi connectivity index (χ4v) is 1.80. The summed E-state index contributed by atoms with van der Waals surface area (Å²) in [6, 6.07) is 9.15. The third-order valence-electron chi connectivity index (χ3n) is 2.80. The molecule has 0 bridgehead atoms. The minimum atomic E-state index is -0.495.